The third-order valence-electron chi connectivity index (χ3n) is 6.97. The highest BCUT2D eigenvalue weighted by molar-refractivity contribution is 9.11. The fourth-order valence-corrected chi connectivity index (χ4v) is 6.70. The van der Waals surface area contributed by atoms with Crippen LogP contribution in [0.4, 0.5) is 0 Å². The molecule has 0 saturated carbocycles. The van der Waals surface area contributed by atoms with Crippen LogP contribution in [0.25, 0.3) is 0 Å². The Labute approximate surface area is 245 Å². The Kier molecular flexibility index (Phi) is 6.95. The molecule has 0 amide bonds. The standard InChI is InChI=1S/2C15H12Br2O/c2*1-15(2)9-5-3-7-11(16)13(9)18-14-10(15)6-4-8-12(14)17/h2*3-8H,1-2H3. The van der Waals surface area contributed by atoms with Crippen molar-refractivity contribution in [3.8, 4) is 23.0 Å². The number of hydrogen-bond donors (Lipinski definition) is 0. The number of halogens is 4. The van der Waals surface area contributed by atoms with Gasteiger partial charge in [-0.25, -0.2) is 0 Å². The molecule has 2 nitrogen and oxygen atoms in total. The summed E-state index contributed by atoms with van der Waals surface area (Å²) in [6.45, 7) is 8.91. The number of ether oxygens (including phenoxy) is 2. The van der Waals surface area contributed by atoms with Crippen LogP contribution in [-0.4, -0.2) is 0 Å². The monoisotopic (exact) mass is 732 g/mol. The molecule has 2 heterocycles. The number of benzene rings is 4. The molecule has 0 unspecified atom stereocenters. The lowest BCUT2D eigenvalue weighted by Crippen LogP contribution is -2.24. The molecule has 0 fully saturated rings. The van der Waals surface area contributed by atoms with Crippen molar-refractivity contribution in [1.29, 1.82) is 0 Å². The third kappa shape index (κ3) is 4.28. The van der Waals surface area contributed by atoms with E-state index in [1.807, 2.05) is 24.3 Å². The van der Waals surface area contributed by atoms with Crippen LogP contribution in [0.5, 0.6) is 23.0 Å². The van der Waals surface area contributed by atoms with Gasteiger partial charge in [-0.2, -0.15) is 0 Å². The smallest absolute Gasteiger partial charge is 0.145 e. The van der Waals surface area contributed by atoms with Crippen molar-refractivity contribution in [1.82, 2.24) is 0 Å². The molecule has 6 rings (SSSR count). The molecule has 0 spiro atoms. The molecule has 0 aromatic heterocycles. The van der Waals surface area contributed by atoms with Gasteiger partial charge in [-0.15, -0.1) is 0 Å². The Bertz CT molecular complexity index is 1270. The van der Waals surface area contributed by atoms with E-state index < -0.39 is 0 Å². The van der Waals surface area contributed by atoms with Gasteiger partial charge in [0.1, 0.15) is 23.0 Å². The molecular weight excluding hydrogens is 712 g/mol. The third-order valence-corrected chi connectivity index (χ3v) is 9.47. The van der Waals surface area contributed by atoms with E-state index in [0.29, 0.717) is 0 Å². The fourth-order valence-electron chi connectivity index (χ4n) is 4.91. The van der Waals surface area contributed by atoms with Crippen LogP contribution in [0.1, 0.15) is 49.9 Å². The average molecular weight is 736 g/mol. The average Bonchev–Trinajstić information content (AvgIpc) is 2.83. The van der Waals surface area contributed by atoms with E-state index >= 15 is 0 Å². The molecule has 0 N–H and O–H groups in total. The minimum atomic E-state index is -0.0591. The number of para-hydroxylation sites is 4. The number of hydrogen-bond acceptors (Lipinski definition) is 2. The predicted molar refractivity (Wildman–Crippen MR) is 161 cm³/mol. The molecule has 0 atom stereocenters. The SMILES string of the molecule is CC1(C)c2cccc(Br)c2Oc2c(Br)cccc21.CC1(C)c2cccc(Br)c2Oc2c(Br)cccc21. The first-order chi connectivity index (χ1) is 17.0. The molecule has 4 aromatic carbocycles. The second kappa shape index (κ2) is 9.61. The second-order valence-electron chi connectivity index (χ2n) is 9.92. The van der Waals surface area contributed by atoms with Crippen LogP contribution in [0.2, 0.25) is 0 Å². The van der Waals surface area contributed by atoms with Crippen molar-refractivity contribution >= 4 is 63.7 Å². The van der Waals surface area contributed by atoms with Crippen LogP contribution in [0.3, 0.4) is 0 Å². The molecule has 0 saturated heterocycles. The maximum Gasteiger partial charge on any atom is 0.145 e. The maximum absolute atomic E-state index is 6.08. The zero-order chi connectivity index (χ0) is 25.8. The molecule has 0 bridgehead atoms. The van der Waals surface area contributed by atoms with E-state index in [2.05, 4.69) is 140 Å². The van der Waals surface area contributed by atoms with Crippen LogP contribution >= 0.6 is 63.7 Å². The van der Waals surface area contributed by atoms with Gasteiger partial charge in [-0.3, -0.25) is 0 Å². The summed E-state index contributed by atoms with van der Waals surface area (Å²) in [7, 11) is 0. The second-order valence-corrected chi connectivity index (χ2v) is 13.3. The Morgan fingerprint density at radius 1 is 0.417 bits per heavy atom. The van der Waals surface area contributed by atoms with Gasteiger partial charge in [0, 0.05) is 33.1 Å². The van der Waals surface area contributed by atoms with Crippen molar-refractivity contribution in [3.05, 3.63) is 113 Å². The number of fused-ring (bicyclic) bond motifs is 4. The van der Waals surface area contributed by atoms with E-state index in [0.717, 1.165) is 40.9 Å². The highest BCUT2D eigenvalue weighted by Crippen LogP contribution is 2.53. The highest BCUT2D eigenvalue weighted by atomic mass is 79.9. The molecule has 0 radical (unpaired) electrons. The van der Waals surface area contributed by atoms with Crippen molar-refractivity contribution in [3.63, 3.8) is 0 Å². The normalized spacial score (nSPS) is 15.6. The predicted octanol–water partition coefficient (Wildman–Crippen LogP) is 11.3. The van der Waals surface area contributed by atoms with Gasteiger partial charge in [0.2, 0.25) is 0 Å². The van der Waals surface area contributed by atoms with Crippen LogP contribution < -0.4 is 9.47 Å². The molecule has 2 aliphatic heterocycles. The van der Waals surface area contributed by atoms with E-state index in [4.69, 9.17) is 9.47 Å². The van der Waals surface area contributed by atoms with Gasteiger partial charge in [0.15, 0.2) is 0 Å². The lowest BCUT2D eigenvalue weighted by atomic mass is 9.76. The van der Waals surface area contributed by atoms with Crippen molar-refractivity contribution in [2.75, 3.05) is 0 Å². The quantitative estimate of drug-likeness (QED) is 0.179. The highest BCUT2D eigenvalue weighted by Gasteiger charge is 2.37. The lowest BCUT2D eigenvalue weighted by molar-refractivity contribution is 0.412. The molecule has 0 aliphatic carbocycles. The molecule has 2 aliphatic rings. The maximum atomic E-state index is 6.08. The summed E-state index contributed by atoms with van der Waals surface area (Å²) in [5, 5.41) is 0. The summed E-state index contributed by atoms with van der Waals surface area (Å²) < 4.78 is 16.1. The zero-order valence-corrected chi connectivity index (χ0v) is 26.6. The largest absolute Gasteiger partial charge is 0.454 e. The molecule has 184 valence electrons. The Hall–Kier alpha value is -1.60. The van der Waals surface area contributed by atoms with Gasteiger partial charge in [0.25, 0.3) is 0 Å². The molecule has 4 aromatic rings. The zero-order valence-electron chi connectivity index (χ0n) is 20.3. The van der Waals surface area contributed by atoms with Gasteiger partial charge in [0.05, 0.1) is 17.9 Å². The van der Waals surface area contributed by atoms with E-state index in [1.165, 1.54) is 22.3 Å². The first kappa shape index (κ1) is 26.0. The van der Waals surface area contributed by atoms with E-state index in [9.17, 15) is 0 Å². The number of rotatable bonds is 0. The first-order valence-electron chi connectivity index (χ1n) is 11.5. The summed E-state index contributed by atoms with van der Waals surface area (Å²) in [4.78, 5) is 0. The van der Waals surface area contributed by atoms with Gasteiger partial charge in [-0.1, -0.05) is 76.2 Å². The van der Waals surface area contributed by atoms with E-state index in [-0.39, 0.29) is 10.8 Å². The minimum Gasteiger partial charge on any atom is -0.454 e. The summed E-state index contributed by atoms with van der Waals surface area (Å²) in [6.07, 6.45) is 0. The van der Waals surface area contributed by atoms with E-state index in [1.54, 1.807) is 0 Å². The summed E-state index contributed by atoms with van der Waals surface area (Å²) >= 11 is 14.3. The van der Waals surface area contributed by atoms with Crippen LogP contribution in [-0.2, 0) is 10.8 Å². The molecule has 6 heteroatoms. The Balaban J connectivity index is 0.000000148. The van der Waals surface area contributed by atoms with Crippen LogP contribution in [0, 0.1) is 0 Å². The molecule has 36 heavy (non-hydrogen) atoms. The first-order valence-corrected chi connectivity index (χ1v) is 14.7. The van der Waals surface area contributed by atoms with Crippen molar-refractivity contribution < 1.29 is 9.47 Å². The fraction of sp³-hybridized carbons (Fsp3) is 0.200. The lowest BCUT2D eigenvalue weighted by Gasteiger charge is -2.35. The van der Waals surface area contributed by atoms with Crippen molar-refractivity contribution in [2.24, 2.45) is 0 Å². The Morgan fingerprint density at radius 3 is 0.861 bits per heavy atom. The molecular formula is C30H24Br4O2. The summed E-state index contributed by atoms with van der Waals surface area (Å²) in [5.74, 6) is 3.67. The summed E-state index contributed by atoms with van der Waals surface area (Å²) in [6, 6.07) is 24.8. The van der Waals surface area contributed by atoms with Gasteiger partial charge >= 0.3 is 0 Å². The van der Waals surface area contributed by atoms with Crippen LogP contribution in [0.15, 0.2) is 90.7 Å². The van der Waals surface area contributed by atoms with Gasteiger partial charge in [-0.05, 0) is 88.0 Å². The van der Waals surface area contributed by atoms with Crippen molar-refractivity contribution in [2.45, 2.75) is 38.5 Å². The Morgan fingerprint density at radius 2 is 0.639 bits per heavy atom. The summed E-state index contributed by atoms with van der Waals surface area (Å²) in [5.41, 5.74) is 4.72. The topological polar surface area (TPSA) is 18.5 Å². The minimum absolute atomic E-state index is 0.0591. The van der Waals surface area contributed by atoms with Gasteiger partial charge < -0.3 is 9.47 Å².